The van der Waals surface area contributed by atoms with Crippen molar-refractivity contribution in [3.63, 3.8) is 0 Å². The van der Waals surface area contributed by atoms with E-state index in [0.29, 0.717) is 12.0 Å². The molecular formula is C19H26O4. The van der Waals surface area contributed by atoms with E-state index >= 15 is 0 Å². The van der Waals surface area contributed by atoms with Crippen LogP contribution < -0.4 is 0 Å². The fourth-order valence-electron chi connectivity index (χ4n) is 3.60. The zero-order valence-electron chi connectivity index (χ0n) is 14.0. The SMILES string of the molecule is C=C1C(=O)OC2/C=C(\C)CC/C=C\CCC3OC3(C)C(O)CC12. The molecule has 0 aromatic rings. The summed E-state index contributed by atoms with van der Waals surface area (Å²) in [6.07, 6.45) is 9.81. The van der Waals surface area contributed by atoms with Crippen molar-refractivity contribution in [2.24, 2.45) is 5.92 Å². The van der Waals surface area contributed by atoms with Gasteiger partial charge in [0.2, 0.25) is 0 Å². The van der Waals surface area contributed by atoms with E-state index in [2.05, 4.69) is 25.7 Å². The number of ether oxygens (including phenoxy) is 2. The van der Waals surface area contributed by atoms with Crippen molar-refractivity contribution in [3.8, 4) is 0 Å². The second kappa shape index (κ2) is 6.25. The van der Waals surface area contributed by atoms with Crippen molar-refractivity contribution in [2.45, 2.75) is 69.9 Å². The summed E-state index contributed by atoms with van der Waals surface area (Å²) < 4.78 is 11.2. The molecule has 2 fully saturated rings. The van der Waals surface area contributed by atoms with E-state index in [4.69, 9.17) is 9.47 Å². The Labute approximate surface area is 137 Å². The molecule has 5 atom stereocenters. The molecule has 23 heavy (non-hydrogen) atoms. The topological polar surface area (TPSA) is 59.1 Å². The number of carbonyl (C=O) groups excluding carboxylic acids is 1. The molecule has 0 spiro atoms. The second-order valence-corrected chi connectivity index (χ2v) is 7.14. The third kappa shape index (κ3) is 3.29. The van der Waals surface area contributed by atoms with Crippen LogP contribution in [0.5, 0.6) is 0 Å². The van der Waals surface area contributed by atoms with Crippen molar-refractivity contribution in [1.82, 2.24) is 0 Å². The third-order valence-electron chi connectivity index (χ3n) is 5.38. The summed E-state index contributed by atoms with van der Waals surface area (Å²) in [5.74, 6) is -0.522. The Balaban J connectivity index is 1.83. The van der Waals surface area contributed by atoms with Gasteiger partial charge in [0.1, 0.15) is 11.7 Å². The molecule has 2 heterocycles. The van der Waals surface area contributed by atoms with Crippen LogP contribution in [0.4, 0.5) is 0 Å². The zero-order chi connectivity index (χ0) is 16.6. The molecular weight excluding hydrogens is 292 g/mol. The molecule has 2 aliphatic heterocycles. The van der Waals surface area contributed by atoms with Gasteiger partial charge in [0.15, 0.2) is 0 Å². The molecule has 0 aromatic heterocycles. The monoisotopic (exact) mass is 318 g/mol. The Hall–Kier alpha value is -1.39. The van der Waals surface area contributed by atoms with Gasteiger partial charge in [0.25, 0.3) is 0 Å². The largest absolute Gasteiger partial charge is 0.454 e. The first-order valence-electron chi connectivity index (χ1n) is 8.50. The van der Waals surface area contributed by atoms with Crippen molar-refractivity contribution < 1.29 is 19.4 Å². The van der Waals surface area contributed by atoms with Gasteiger partial charge in [-0.2, -0.15) is 0 Å². The Morgan fingerprint density at radius 1 is 1.35 bits per heavy atom. The summed E-state index contributed by atoms with van der Waals surface area (Å²) in [4.78, 5) is 11.9. The minimum atomic E-state index is -0.619. The van der Waals surface area contributed by atoms with Crippen molar-refractivity contribution in [1.29, 1.82) is 0 Å². The van der Waals surface area contributed by atoms with Gasteiger partial charge in [0.05, 0.1) is 12.2 Å². The van der Waals surface area contributed by atoms with Gasteiger partial charge in [0, 0.05) is 11.5 Å². The highest BCUT2D eigenvalue weighted by molar-refractivity contribution is 5.91. The van der Waals surface area contributed by atoms with Crippen LogP contribution in [0, 0.1) is 5.92 Å². The lowest BCUT2D eigenvalue weighted by molar-refractivity contribution is -0.137. The molecule has 0 saturated carbocycles. The summed E-state index contributed by atoms with van der Waals surface area (Å²) in [7, 11) is 0. The fourth-order valence-corrected chi connectivity index (χ4v) is 3.60. The third-order valence-corrected chi connectivity index (χ3v) is 5.38. The average molecular weight is 318 g/mol. The number of epoxide rings is 1. The minimum absolute atomic E-state index is 0.0899. The molecule has 3 rings (SSSR count). The number of carbonyl (C=O) groups is 1. The molecule has 126 valence electrons. The van der Waals surface area contributed by atoms with Gasteiger partial charge in [-0.05, 0) is 52.0 Å². The molecule has 0 aromatic carbocycles. The number of esters is 1. The maximum atomic E-state index is 11.9. The highest BCUT2D eigenvalue weighted by atomic mass is 16.6. The van der Waals surface area contributed by atoms with Crippen LogP contribution in [-0.4, -0.2) is 35.0 Å². The number of hydrogen-bond acceptors (Lipinski definition) is 4. The Morgan fingerprint density at radius 2 is 2.09 bits per heavy atom. The maximum absolute atomic E-state index is 11.9. The molecule has 3 aliphatic rings. The van der Waals surface area contributed by atoms with E-state index in [1.54, 1.807) is 0 Å². The second-order valence-electron chi connectivity index (χ2n) is 7.14. The van der Waals surface area contributed by atoms with E-state index < -0.39 is 11.7 Å². The van der Waals surface area contributed by atoms with Crippen molar-refractivity contribution in [3.05, 3.63) is 36.0 Å². The van der Waals surface area contributed by atoms with E-state index in [0.717, 1.165) is 25.7 Å². The molecule has 2 saturated heterocycles. The van der Waals surface area contributed by atoms with Gasteiger partial charge in [-0.25, -0.2) is 4.79 Å². The summed E-state index contributed by atoms with van der Waals surface area (Å²) in [6.45, 7) is 7.89. The van der Waals surface area contributed by atoms with Gasteiger partial charge < -0.3 is 14.6 Å². The summed E-state index contributed by atoms with van der Waals surface area (Å²) in [5.41, 5.74) is 1.16. The number of rotatable bonds is 0. The van der Waals surface area contributed by atoms with E-state index in [1.807, 2.05) is 13.0 Å². The predicted octanol–water partition coefficient (Wildman–Crippen LogP) is 3.07. The lowest BCUT2D eigenvalue weighted by Gasteiger charge is -2.22. The number of hydrogen-bond donors (Lipinski definition) is 1. The van der Waals surface area contributed by atoms with E-state index in [9.17, 15) is 9.90 Å². The van der Waals surface area contributed by atoms with Crippen molar-refractivity contribution >= 4 is 5.97 Å². The average Bonchev–Trinajstić information content (AvgIpc) is 3.10. The van der Waals surface area contributed by atoms with Crippen molar-refractivity contribution in [2.75, 3.05) is 0 Å². The van der Waals surface area contributed by atoms with Crippen LogP contribution in [0.25, 0.3) is 0 Å². The molecule has 0 amide bonds. The van der Waals surface area contributed by atoms with Gasteiger partial charge in [-0.15, -0.1) is 0 Å². The first-order chi connectivity index (χ1) is 10.9. The Morgan fingerprint density at radius 3 is 2.87 bits per heavy atom. The first kappa shape index (κ1) is 16.5. The summed E-state index contributed by atoms with van der Waals surface area (Å²) in [5, 5.41) is 10.6. The van der Waals surface area contributed by atoms with Gasteiger partial charge in [-0.3, -0.25) is 0 Å². The number of aliphatic hydroxyl groups excluding tert-OH is 1. The quantitative estimate of drug-likeness (QED) is 0.323. The molecule has 1 N–H and O–H groups in total. The standard InChI is InChI=1S/C19H26O4/c1-12-8-6-4-5-7-9-17-19(3,23-17)16(20)11-14-13(2)18(21)22-15(14)10-12/h4-5,10,14-17,20H,2,6-9,11H2,1,3H3/b5-4-,12-10+. The zero-order valence-corrected chi connectivity index (χ0v) is 14.0. The highest BCUT2D eigenvalue weighted by Crippen LogP contribution is 2.45. The molecule has 4 nitrogen and oxygen atoms in total. The van der Waals surface area contributed by atoms with E-state index in [1.165, 1.54) is 5.57 Å². The van der Waals surface area contributed by atoms with Gasteiger partial charge in [-0.1, -0.05) is 24.3 Å². The molecule has 0 radical (unpaired) electrons. The molecule has 4 heteroatoms. The first-order valence-corrected chi connectivity index (χ1v) is 8.50. The minimum Gasteiger partial charge on any atom is -0.454 e. The predicted molar refractivity (Wildman–Crippen MR) is 87.8 cm³/mol. The molecule has 1 aliphatic carbocycles. The lowest BCUT2D eigenvalue weighted by Crippen LogP contribution is -2.33. The summed E-state index contributed by atoms with van der Waals surface area (Å²) in [6, 6.07) is 0. The van der Waals surface area contributed by atoms with E-state index in [-0.39, 0.29) is 24.1 Å². The fraction of sp³-hybridized carbons (Fsp3) is 0.632. The van der Waals surface area contributed by atoms with Crippen LogP contribution in [-0.2, 0) is 14.3 Å². The Kier molecular flexibility index (Phi) is 4.47. The smallest absolute Gasteiger partial charge is 0.334 e. The van der Waals surface area contributed by atoms with Crippen LogP contribution in [0.15, 0.2) is 36.0 Å². The van der Waals surface area contributed by atoms with Crippen LogP contribution in [0.3, 0.4) is 0 Å². The number of allylic oxidation sites excluding steroid dienone is 3. The highest BCUT2D eigenvalue weighted by Gasteiger charge is 2.57. The Bertz CT molecular complexity index is 562. The summed E-state index contributed by atoms with van der Waals surface area (Å²) >= 11 is 0. The maximum Gasteiger partial charge on any atom is 0.334 e. The molecule has 5 unspecified atom stereocenters. The number of aliphatic hydroxyl groups is 1. The van der Waals surface area contributed by atoms with Crippen LogP contribution in [0.1, 0.15) is 46.0 Å². The van der Waals surface area contributed by atoms with Gasteiger partial charge >= 0.3 is 5.97 Å². The normalized spacial score (nSPS) is 45.1. The molecule has 0 bridgehead atoms. The van der Waals surface area contributed by atoms with Crippen LogP contribution >= 0.6 is 0 Å². The lowest BCUT2D eigenvalue weighted by atomic mass is 9.84. The number of fused-ring (bicyclic) bond motifs is 2. The van der Waals surface area contributed by atoms with Crippen LogP contribution in [0.2, 0.25) is 0 Å².